The zero-order valence-electron chi connectivity index (χ0n) is 23.9. The van der Waals surface area contributed by atoms with Crippen LogP contribution in [0.2, 0.25) is 0 Å². The van der Waals surface area contributed by atoms with Crippen LogP contribution in [-0.2, 0) is 23.1 Å². The van der Waals surface area contributed by atoms with E-state index in [-0.39, 0.29) is 30.5 Å². The fourth-order valence-electron chi connectivity index (χ4n) is 5.22. The Morgan fingerprint density at radius 2 is 1.85 bits per heavy atom. The molecule has 1 N–H and O–H groups in total. The van der Waals surface area contributed by atoms with E-state index in [0.29, 0.717) is 32.0 Å². The van der Waals surface area contributed by atoms with Crippen LogP contribution in [0.1, 0.15) is 43.7 Å². The van der Waals surface area contributed by atoms with Gasteiger partial charge in [0.25, 0.3) is 5.91 Å². The summed E-state index contributed by atoms with van der Waals surface area (Å²) in [7, 11) is 3.63. The van der Waals surface area contributed by atoms with Crippen molar-refractivity contribution < 1.29 is 24.2 Å². The number of aliphatic hydroxyl groups excluding tert-OH is 1. The number of aromatic nitrogens is 1. The van der Waals surface area contributed by atoms with Gasteiger partial charge in [0.2, 0.25) is 0 Å². The minimum absolute atomic E-state index is 0.133. The van der Waals surface area contributed by atoms with Crippen molar-refractivity contribution >= 4 is 22.9 Å². The first-order valence-electron chi connectivity index (χ1n) is 13.7. The van der Waals surface area contributed by atoms with E-state index < -0.39 is 12.1 Å². The minimum atomic E-state index is -0.406. The average molecular weight is 536 g/mol. The highest BCUT2D eigenvalue weighted by molar-refractivity contribution is 6.10. The summed E-state index contributed by atoms with van der Waals surface area (Å²) >= 11 is 0. The Labute approximate surface area is 231 Å². The molecule has 2 heterocycles. The third-order valence-electron chi connectivity index (χ3n) is 7.53. The van der Waals surface area contributed by atoms with E-state index in [0.717, 1.165) is 27.6 Å². The molecule has 3 aromatic rings. The summed E-state index contributed by atoms with van der Waals surface area (Å²) in [6.45, 7) is 9.04. The Bertz CT molecular complexity index is 1320. The van der Waals surface area contributed by atoms with Gasteiger partial charge in [-0.25, -0.2) is 4.79 Å². The first-order chi connectivity index (χ1) is 18.6. The second-order valence-electron chi connectivity index (χ2n) is 11.1. The highest BCUT2D eigenvalue weighted by Crippen LogP contribution is 2.38. The van der Waals surface area contributed by atoms with Gasteiger partial charge in [-0.2, -0.15) is 0 Å². The zero-order chi connectivity index (χ0) is 28.3. The number of likely N-dealkylation sites (N-methyl/N-ethyl adjacent to an activating group) is 1. The molecule has 0 aliphatic carbocycles. The van der Waals surface area contributed by atoms with Crippen LogP contribution in [-0.4, -0.2) is 77.0 Å². The topological polar surface area (TPSA) is 84.2 Å². The lowest BCUT2D eigenvalue weighted by molar-refractivity contribution is -0.0235. The summed E-state index contributed by atoms with van der Waals surface area (Å²) in [5.41, 5.74) is 4.32. The number of hydrogen-bond donors (Lipinski definition) is 1. The molecule has 0 spiro atoms. The standard InChI is InChI=1S/C31H41N3O5/c1-20(2)18-39-31(37)32(5)16-27-21(3)15-34(22(4)17-35)30(36)29-28(24-12-8-7-11-23(24)19-38-27)25-13-9-10-14-26(25)33(29)6/h7-14,20-22,27,35H,15-19H2,1-6H3/t21-,22-,27+/m0/s1. The molecule has 0 radical (unpaired) electrons. The molecule has 2 amide bonds. The Kier molecular flexibility index (Phi) is 8.97. The molecule has 8 heteroatoms. The summed E-state index contributed by atoms with van der Waals surface area (Å²) in [4.78, 5) is 30.3. The van der Waals surface area contributed by atoms with Gasteiger partial charge in [-0.05, 0) is 30.0 Å². The average Bonchev–Trinajstić information content (AvgIpc) is 3.22. The van der Waals surface area contributed by atoms with Crippen LogP contribution < -0.4 is 0 Å². The number of para-hydroxylation sites is 1. The molecular weight excluding hydrogens is 494 g/mol. The van der Waals surface area contributed by atoms with Gasteiger partial charge in [0, 0.05) is 43.0 Å². The number of ether oxygens (including phenoxy) is 2. The maximum atomic E-state index is 14.4. The van der Waals surface area contributed by atoms with Crippen LogP contribution in [0.4, 0.5) is 4.79 Å². The molecular formula is C31H41N3O5. The molecule has 210 valence electrons. The largest absolute Gasteiger partial charge is 0.449 e. The van der Waals surface area contributed by atoms with Gasteiger partial charge in [0.1, 0.15) is 5.69 Å². The molecule has 2 aromatic carbocycles. The second kappa shape index (κ2) is 12.2. The lowest BCUT2D eigenvalue weighted by Crippen LogP contribution is -2.48. The predicted molar refractivity (Wildman–Crippen MR) is 152 cm³/mol. The maximum absolute atomic E-state index is 14.4. The molecule has 0 bridgehead atoms. The van der Waals surface area contributed by atoms with Crippen molar-refractivity contribution in [1.82, 2.24) is 14.4 Å². The zero-order valence-corrected chi connectivity index (χ0v) is 23.9. The van der Waals surface area contributed by atoms with E-state index in [4.69, 9.17) is 9.47 Å². The van der Waals surface area contributed by atoms with E-state index in [1.807, 2.05) is 87.8 Å². The number of hydrogen-bond acceptors (Lipinski definition) is 5. The number of benzene rings is 2. The molecule has 0 saturated carbocycles. The number of amides is 2. The molecule has 0 fully saturated rings. The van der Waals surface area contributed by atoms with E-state index in [1.165, 1.54) is 0 Å². The number of aliphatic hydroxyl groups is 1. The van der Waals surface area contributed by atoms with Crippen LogP contribution in [0.3, 0.4) is 0 Å². The third kappa shape index (κ3) is 5.97. The van der Waals surface area contributed by atoms with Gasteiger partial charge in [-0.1, -0.05) is 63.2 Å². The lowest BCUT2D eigenvalue weighted by atomic mass is 9.96. The van der Waals surface area contributed by atoms with Crippen molar-refractivity contribution in [1.29, 1.82) is 0 Å². The molecule has 1 aliphatic heterocycles. The van der Waals surface area contributed by atoms with E-state index in [2.05, 4.69) is 0 Å². The first kappa shape index (κ1) is 28.6. The number of fused-ring (bicyclic) bond motifs is 5. The Morgan fingerprint density at radius 3 is 2.56 bits per heavy atom. The number of carbonyl (C=O) groups excluding carboxylic acids is 2. The third-order valence-corrected chi connectivity index (χ3v) is 7.53. The molecule has 4 rings (SSSR count). The van der Waals surface area contributed by atoms with Crippen molar-refractivity contribution in [3.8, 4) is 11.1 Å². The Balaban J connectivity index is 1.80. The van der Waals surface area contributed by atoms with Crippen LogP contribution in [0.15, 0.2) is 48.5 Å². The van der Waals surface area contributed by atoms with Crippen LogP contribution in [0.5, 0.6) is 0 Å². The van der Waals surface area contributed by atoms with E-state index in [1.54, 1.807) is 16.8 Å². The van der Waals surface area contributed by atoms with E-state index >= 15 is 0 Å². The molecule has 0 unspecified atom stereocenters. The Morgan fingerprint density at radius 1 is 1.15 bits per heavy atom. The van der Waals surface area contributed by atoms with E-state index in [9.17, 15) is 14.7 Å². The lowest BCUT2D eigenvalue weighted by Gasteiger charge is -2.35. The Hall–Kier alpha value is -3.36. The number of rotatable bonds is 6. The molecule has 8 nitrogen and oxygen atoms in total. The number of aryl methyl sites for hydroxylation is 1. The molecule has 0 saturated heterocycles. The normalized spacial score (nSPS) is 18.9. The second-order valence-corrected chi connectivity index (χ2v) is 11.1. The smallest absolute Gasteiger partial charge is 0.409 e. The fourth-order valence-corrected chi connectivity index (χ4v) is 5.22. The SMILES string of the molecule is CC(C)COC(=O)N(C)C[C@H]1OCc2ccccc2-c2c(n(C)c3ccccc23)C(=O)N([C@@H](C)CO)C[C@@H]1C. The fraction of sp³-hybridized carbons (Fsp3) is 0.484. The van der Waals surface area contributed by atoms with Crippen molar-refractivity contribution in [2.45, 2.75) is 46.4 Å². The number of carbonyl (C=O) groups is 2. The van der Waals surface area contributed by atoms with Gasteiger partial charge in [-0.15, -0.1) is 0 Å². The summed E-state index contributed by atoms with van der Waals surface area (Å²) in [6.07, 6.45) is -0.765. The molecule has 1 aliphatic rings. The van der Waals surface area contributed by atoms with Crippen molar-refractivity contribution in [3.05, 3.63) is 59.8 Å². The van der Waals surface area contributed by atoms with Crippen LogP contribution >= 0.6 is 0 Å². The summed E-state index contributed by atoms with van der Waals surface area (Å²) in [6, 6.07) is 15.6. The monoisotopic (exact) mass is 535 g/mol. The van der Waals surface area contributed by atoms with Gasteiger partial charge < -0.3 is 28.9 Å². The van der Waals surface area contributed by atoms with Crippen molar-refractivity contribution in [2.75, 3.05) is 33.4 Å². The summed E-state index contributed by atoms with van der Waals surface area (Å²) in [5.74, 6) is -0.0346. The van der Waals surface area contributed by atoms with Gasteiger partial charge in [0.05, 0.1) is 38.5 Å². The summed E-state index contributed by atoms with van der Waals surface area (Å²) < 4.78 is 13.9. The molecule has 39 heavy (non-hydrogen) atoms. The molecule has 3 atom stereocenters. The van der Waals surface area contributed by atoms with Gasteiger partial charge in [0.15, 0.2) is 0 Å². The van der Waals surface area contributed by atoms with Gasteiger partial charge in [-0.3, -0.25) is 4.79 Å². The van der Waals surface area contributed by atoms with Gasteiger partial charge >= 0.3 is 6.09 Å². The summed E-state index contributed by atoms with van der Waals surface area (Å²) in [5, 5.41) is 11.1. The quantitative estimate of drug-likeness (QED) is 0.484. The van der Waals surface area contributed by atoms with Crippen LogP contribution in [0, 0.1) is 11.8 Å². The highest BCUT2D eigenvalue weighted by atomic mass is 16.6. The first-order valence-corrected chi connectivity index (χ1v) is 13.7. The predicted octanol–water partition coefficient (Wildman–Crippen LogP) is 4.93. The minimum Gasteiger partial charge on any atom is -0.449 e. The molecule has 1 aromatic heterocycles. The van der Waals surface area contributed by atoms with Crippen LogP contribution in [0.25, 0.3) is 22.0 Å². The van der Waals surface area contributed by atoms with Crippen molar-refractivity contribution in [2.24, 2.45) is 18.9 Å². The van der Waals surface area contributed by atoms with Crippen molar-refractivity contribution in [3.63, 3.8) is 0 Å². The maximum Gasteiger partial charge on any atom is 0.409 e. The number of nitrogens with zero attached hydrogens (tertiary/aromatic N) is 3. The highest BCUT2D eigenvalue weighted by Gasteiger charge is 2.34.